The van der Waals surface area contributed by atoms with Crippen LogP contribution in [-0.2, 0) is 4.74 Å². The third kappa shape index (κ3) is 3.17. The molecule has 0 unspecified atom stereocenters. The second-order valence-electron chi connectivity index (χ2n) is 5.69. The number of aromatic amines is 2. The van der Waals surface area contributed by atoms with E-state index in [1.807, 2.05) is 18.2 Å². The van der Waals surface area contributed by atoms with Crippen molar-refractivity contribution in [2.75, 3.05) is 45.7 Å². The Labute approximate surface area is 143 Å². The van der Waals surface area contributed by atoms with Crippen LogP contribution in [0.25, 0.3) is 22.1 Å². The number of hydrogen-bond acceptors (Lipinski definition) is 6. The summed E-state index contributed by atoms with van der Waals surface area (Å²) < 4.78 is 10.7. The molecule has 1 aliphatic rings. The van der Waals surface area contributed by atoms with Crippen molar-refractivity contribution >= 4 is 33.8 Å². The van der Waals surface area contributed by atoms with E-state index in [0.717, 1.165) is 71.6 Å². The van der Waals surface area contributed by atoms with Crippen LogP contribution in [0, 0.1) is 0 Å². The molecular weight excluding hydrogens is 326 g/mol. The molecule has 0 atom stereocenters. The van der Waals surface area contributed by atoms with Crippen LogP contribution in [0.15, 0.2) is 23.4 Å². The molecule has 8 heteroatoms. The molecular formula is C16H20N5O2S+. The van der Waals surface area contributed by atoms with Crippen LogP contribution in [-0.4, -0.2) is 65.8 Å². The van der Waals surface area contributed by atoms with E-state index in [1.54, 1.807) is 18.9 Å². The van der Waals surface area contributed by atoms with Gasteiger partial charge in [-0.3, -0.25) is 9.88 Å². The Bertz CT molecular complexity index is 847. The monoisotopic (exact) mass is 346 g/mol. The fourth-order valence-corrected chi connectivity index (χ4v) is 3.68. The number of thioether (sulfide) groups is 1. The first-order chi connectivity index (χ1) is 11.8. The smallest absolute Gasteiger partial charge is 0.321 e. The van der Waals surface area contributed by atoms with Gasteiger partial charge in [0.25, 0.3) is 5.65 Å². The van der Waals surface area contributed by atoms with Gasteiger partial charge in [-0.1, -0.05) is 5.10 Å². The van der Waals surface area contributed by atoms with E-state index < -0.39 is 0 Å². The minimum Gasteiger partial charge on any atom is -0.497 e. The lowest BCUT2D eigenvalue weighted by atomic mass is 10.2. The molecule has 0 saturated carbocycles. The number of nitrogens with zero attached hydrogens (tertiary/aromatic N) is 3. The Hall–Kier alpha value is -1.90. The maximum absolute atomic E-state index is 5.37. The van der Waals surface area contributed by atoms with Crippen LogP contribution < -0.4 is 9.72 Å². The number of nitrogens with one attached hydrogen (secondary N) is 2. The number of rotatable bonds is 5. The van der Waals surface area contributed by atoms with Gasteiger partial charge >= 0.3 is 5.16 Å². The maximum atomic E-state index is 5.37. The van der Waals surface area contributed by atoms with Crippen LogP contribution in [0.5, 0.6) is 5.75 Å². The Balaban J connectivity index is 1.49. The standard InChI is InChI=1S/C16H19N5O2S/c1-22-11-2-3-13-12(10-11)14-15(17-13)18-16(20-19-14)24-9-6-21-4-7-23-8-5-21/h2-3,10H,4-9H2,1H3,(H,17,18,20)/p+1. The number of ether oxygens (including phenoxy) is 2. The first-order valence-electron chi connectivity index (χ1n) is 8.02. The lowest BCUT2D eigenvalue weighted by Crippen LogP contribution is -2.37. The molecule has 0 radical (unpaired) electrons. The summed E-state index contributed by atoms with van der Waals surface area (Å²) in [4.78, 5) is 9.11. The number of fused-ring (bicyclic) bond motifs is 3. The van der Waals surface area contributed by atoms with Crippen LogP contribution in [0.4, 0.5) is 0 Å². The summed E-state index contributed by atoms with van der Waals surface area (Å²) in [7, 11) is 1.66. The van der Waals surface area contributed by atoms with Crippen molar-refractivity contribution in [3.63, 3.8) is 0 Å². The Morgan fingerprint density at radius 2 is 2.21 bits per heavy atom. The average Bonchev–Trinajstić information content (AvgIpc) is 2.99. The minimum absolute atomic E-state index is 0.814. The molecule has 0 bridgehead atoms. The molecule has 1 saturated heterocycles. The van der Waals surface area contributed by atoms with Gasteiger partial charge in [0.2, 0.25) is 0 Å². The molecule has 1 fully saturated rings. The van der Waals surface area contributed by atoms with Gasteiger partial charge in [0.1, 0.15) is 11.3 Å². The molecule has 3 aromatic rings. The van der Waals surface area contributed by atoms with Gasteiger partial charge in [0.05, 0.1) is 25.7 Å². The van der Waals surface area contributed by atoms with Crippen molar-refractivity contribution in [3.8, 4) is 5.75 Å². The SMILES string of the molecule is COc1ccc2[nH]c3[nH+]c(SCCN4CCOCC4)nnc3c2c1. The zero-order valence-corrected chi connectivity index (χ0v) is 14.4. The predicted molar refractivity (Wildman–Crippen MR) is 92.5 cm³/mol. The number of methoxy groups -OCH3 is 1. The lowest BCUT2D eigenvalue weighted by molar-refractivity contribution is -0.406. The largest absolute Gasteiger partial charge is 0.497 e. The summed E-state index contributed by atoms with van der Waals surface area (Å²) in [6.45, 7) is 4.73. The number of aromatic nitrogens is 4. The van der Waals surface area contributed by atoms with E-state index in [4.69, 9.17) is 9.47 Å². The Morgan fingerprint density at radius 1 is 1.33 bits per heavy atom. The summed E-state index contributed by atoms with van der Waals surface area (Å²) in [5.74, 6) is 1.79. The zero-order valence-electron chi connectivity index (χ0n) is 13.5. The van der Waals surface area contributed by atoms with E-state index in [1.165, 1.54) is 0 Å². The van der Waals surface area contributed by atoms with Gasteiger partial charge in [0.15, 0.2) is 5.52 Å². The van der Waals surface area contributed by atoms with Gasteiger partial charge in [-0.05, 0) is 30.0 Å². The summed E-state index contributed by atoms with van der Waals surface area (Å²) in [6.07, 6.45) is 0. The van der Waals surface area contributed by atoms with Crippen LogP contribution in [0.2, 0.25) is 0 Å². The number of hydrogen-bond donors (Lipinski definition) is 1. The maximum Gasteiger partial charge on any atom is 0.321 e. The van der Waals surface area contributed by atoms with Crippen molar-refractivity contribution in [1.82, 2.24) is 20.1 Å². The minimum atomic E-state index is 0.814. The molecule has 0 aliphatic carbocycles. The Morgan fingerprint density at radius 3 is 3.04 bits per heavy atom. The van der Waals surface area contributed by atoms with Gasteiger partial charge < -0.3 is 9.47 Å². The highest BCUT2D eigenvalue weighted by Gasteiger charge is 2.16. The van der Waals surface area contributed by atoms with Gasteiger partial charge in [-0.15, -0.1) is 0 Å². The third-order valence-corrected chi connectivity index (χ3v) is 5.04. The van der Waals surface area contributed by atoms with Crippen molar-refractivity contribution in [3.05, 3.63) is 18.2 Å². The first-order valence-corrected chi connectivity index (χ1v) is 9.00. The van der Waals surface area contributed by atoms with Crippen molar-refractivity contribution in [2.24, 2.45) is 0 Å². The van der Waals surface area contributed by atoms with Gasteiger partial charge in [-0.2, -0.15) is 0 Å². The molecule has 7 nitrogen and oxygen atoms in total. The molecule has 126 valence electrons. The number of H-pyrrole nitrogens is 2. The molecule has 1 aromatic carbocycles. The zero-order chi connectivity index (χ0) is 16.4. The number of morpholine rings is 1. The second kappa shape index (κ2) is 6.92. The van der Waals surface area contributed by atoms with Crippen molar-refractivity contribution in [2.45, 2.75) is 5.16 Å². The number of benzene rings is 1. The topological polar surface area (TPSA) is 77.4 Å². The van der Waals surface area contributed by atoms with E-state index in [-0.39, 0.29) is 0 Å². The van der Waals surface area contributed by atoms with Crippen LogP contribution in [0.3, 0.4) is 0 Å². The van der Waals surface area contributed by atoms with Crippen LogP contribution in [0.1, 0.15) is 0 Å². The molecule has 24 heavy (non-hydrogen) atoms. The lowest BCUT2D eigenvalue weighted by Gasteiger charge is -2.25. The fraction of sp³-hybridized carbons (Fsp3) is 0.438. The normalized spacial score (nSPS) is 16.0. The summed E-state index contributed by atoms with van der Waals surface area (Å²) in [6, 6.07) is 5.90. The molecule has 2 N–H and O–H groups in total. The van der Waals surface area contributed by atoms with Gasteiger partial charge in [0, 0.05) is 30.5 Å². The first kappa shape index (κ1) is 15.6. The summed E-state index contributed by atoms with van der Waals surface area (Å²) in [5.41, 5.74) is 2.75. The van der Waals surface area contributed by atoms with Crippen molar-refractivity contribution < 1.29 is 14.5 Å². The molecule has 4 rings (SSSR count). The molecule has 2 aromatic heterocycles. The fourth-order valence-electron chi connectivity index (χ4n) is 2.87. The third-order valence-electron chi connectivity index (χ3n) is 4.20. The second-order valence-corrected chi connectivity index (χ2v) is 6.78. The highest BCUT2D eigenvalue weighted by molar-refractivity contribution is 7.99. The van der Waals surface area contributed by atoms with E-state index in [9.17, 15) is 0 Å². The average molecular weight is 346 g/mol. The van der Waals surface area contributed by atoms with E-state index in [0.29, 0.717) is 0 Å². The molecule has 0 spiro atoms. The van der Waals surface area contributed by atoms with Crippen LogP contribution >= 0.6 is 11.8 Å². The molecule has 3 heterocycles. The summed E-state index contributed by atoms with van der Waals surface area (Å²) >= 11 is 1.69. The highest BCUT2D eigenvalue weighted by Crippen LogP contribution is 2.25. The van der Waals surface area contributed by atoms with E-state index in [2.05, 4.69) is 25.1 Å². The highest BCUT2D eigenvalue weighted by atomic mass is 32.2. The van der Waals surface area contributed by atoms with Gasteiger partial charge in [-0.25, -0.2) is 4.98 Å². The Kier molecular flexibility index (Phi) is 4.50. The molecule has 0 amide bonds. The van der Waals surface area contributed by atoms with E-state index >= 15 is 0 Å². The molecule has 1 aliphatic heterocycles. The summed E-state index contributed by atoms with van der Waals surface area (Å²) in [5, 5.41) is 10.5. The van der Waals surface area contributed by atoms with Crippen molar-refractivity contribution in [1.29, 1.82) is 0 Å². The predicted octanol–water partition coefficient (Wildman–Crippen LogP) is 1.36. The quantitative estimate of drug-likeness (QED) is 0.703.